The Bertz CT molecular complexity index is 1810. The topological polar surface area (TPSA) is 361 Å². The van der Waals surface area contributed by atoms with Gasteiger partial charge >= 0.3 is 0 Å². The van der Waals surface area contributed by atoms with Gasteiger partial charge in [0.1, 0.15) is 111 Å². The van der Waals surface area contributed by atoms with Crippen LogP contribution in [0.2, 0.25) is 0 Å². The molecule has 5 rings (SSSR count). The quantitative estimate of drug-likeness (QED) is 0.0262. The smallest absolute Gasteiger partial charge is 0.187 e. The largest absolute Gasteiger partial charge is 0.394 e. The molecule has 4 heterocycles. The third-order valence-corrected chi connectivity index (χ3v) is 15.4. The summed E-state index contributed by atoms with van der Waals surface area (Å²) in [6, 6.07) is 7.70. The third-order valence-electron chi connectivity index (χ3n) is 15.4. The molecule has 0 spiro atoms. The maximum absolute atomic E-state index is 12.5. The molecular formula is C54H94O26. The molecule has 26 heteroatoms. The van der Waals surface area contributed by atoms with Crippen molar-refractivity contribution in [2.45, 2.75) is 196 Å². The Morgan fingerprint density at radius 2 is 0.938 bits per heavy atom. The van der Waals surface area contributed by atoms with Gasteiger partial charge in [0.2, 0.25) is 0 Å². The second-order valence-electron chi connectivity index (χ2n) is 20.8. The van der Waals surface area contributed by atoms with Crippen LogP contribution in [0.15, 0.2) is 24.3 Å². The highest BCUT2D eigenvalue weighted by atomic mass is 16.8. The molecule has 0 radical (unpaired) electrons. The summed E-state index contributed by atoms with van der Waals surface area (Å²) in [6.45, 7) is 14.1. The molecule has 4 saturated heterocycles. The summed E-state index contributed by atoms with van der Waals surface area (Å²) < 4.78 is 88.2. The highest BCUT2D eigenvalue weighted by molar-refractivity contribution is 5.31. The highest BCUT2D eigenvalue weighted by Gasteiger charge is 2.56. The van der Waals surface area contributed by atoms with Gasteiger partial charge in [0.05, 0.1) is 72.7 Å². The second kappa shape index (κ2) is 34.4. The Morgan fingerprint density at radius 1 is 0.463 bits per heavy atom. The fourth-order valence-electron chi connectivity index (χ4n) is 11.0. The van der Waals surface area contributed by atoms with Crippen LogP contribution < -0.4 is 0 Å². The average Bonchev–Trinajstić information content (AvgIpc) is 3.43. The second-order valence-corrected chi connectivity index (χ2v) is 20.8. The minimum Gasteiger partial charge on any atom is -0.394 e. The first kappa shape index (κ1) is 69.0. The van der Waals surface area contributed by atoms with Gasteiger partial charge in [0, 0.05) is 19.8 Å². The Hall–Kier alpha value is -1.82. The first-order chi connectivity index (χ1) is 38.3. The number of rotatable bonds is 35. The summed E-state index contributed by atoms with van der Waals surface area (Å²) in [5.41, 5.74) is 1.58. The molecule has 0 aromatic heterocycles. The average molecular weight is 1160 g/mol. The monoisotopic (exact) mass is 1160 g/mol. The number of hydrogen-bond acceptors (Lipinski definition) is 26. The van der Waals surface area contributed by atoms with Gasteiger partial charge in [0.15, 0.2) is 25.2 Å². The van der Waals surface area contributed by atoms with Crippen LogP contribution in [0, 0.1) is 11.8 Å². The van der Waals surface area contributed by atoms with Crippen LogP contribution in [0.1, 0.15) is 79.0 Å². The van der Waals surface area contributed by atoms with Crippen molar-refractivity contribution >= 4 is 0 Å². The first-order valence-electron chi connectivity index (χ1n) is 28.1. The van der Waals surface area contributed by atoms with Gasteiger partial charge in [0.25, 0.3) is 0 Å². The van der Waals surface area contributed by atoms with Crippen molar-refractivity contribution in [3.63, 3.8) is 0 Å². The van der Waals surface area contributed by atoms with E-state index in [-0.39, 0.29) is 64.9 Å². The Kier molecular flexibility index (Phi) is 29.6. The molecule has 466 valence electrons. The van der Waals surface area contributed by atoms with Crippen molar-refractivity contribution in [1.29, 1.82) is 0 Å². The van der Waals surface area contributed by atoms with Crippen LogP contribution in [-0.2, 0) is 76.5 Å². The Labute approximate surface area is 468 Å². The van der Waals surface area contributed by atoms with Gasteiger partial charge in [-0.05, 0) is 55.6 Å². The number of aliphatic hydroxyl groups excluding tert-OH is 11. The van der Waals surface area contributed by atoms with E-state index in [1.54, 1.807) is 20.8 Å². The number of benzene rings is 1. The van der Waals surface area contributed by atoms with Gasteiger partial charge in [-0.3, -0.25) is 0 Å². The SMILES string of the molecule is CCOCCO[C@@H]1[C@@H](O)[C@H](O[C@@H]2O[C@H](COCC(O)c3ccc(C(CC)(C(C)C)C(C)C)cc3)[C@@H](O[C@@H]3O[C@H](COCCOCO)[C@@H](O[C@@H]4O[C@H](COCC)[C@@H](O)[C@H](O)[C@H]4O)[C@H](O)[C@H]3O)[C@H](O)[C@H]2OCCOCC)[C@@H](CO)O[C@H]1O. The molecule has 0 saturated carbocycles. The fourth-order valence-corrected chi connectivity index (χ4v) is 11.0. The third kappa shape index (κ3) is 17.7. The van der Waals surface area contributed by atoms with E-state index in [0.29, 0.717) is 30.6 Å². The molecule has 21 atom stereocenters. The van der Waals surface area contributed by atoms with E-state index < -0.39 is 156 Å². The van der Waals surface area contributed by atoms with Gasteiger partial charge < -0.3 is 127 Å². The van der Waals surface area contributed by atoms with Crippen LogP contribution in [0.3, 0.4) is 0 Å². The summed E-state index contributed by atoms with van der Waals surface area (Å²) in [6.07, 6.45) is -32.9. The van der Waals surface area contributed by atoms with Crippen molar-refractivity contribution in [1.82, 2.24) is 0 Å². The molecule has 0 bridgehead atoms. The van der Waals surface area contributed by atoms with Crippen LogP contribution in [0.5, 0.6) is 0 Å². The van der Waals surface area contributed by atoms with E-state index >= 15 is 0 Å². The zero-order valence-corrected chi connectivity index (χ0v) is 47.4. The Morgan fingerprint density at radius 3 is 1.50 bits per heavy atom. The molecule has 4 fully saturated rings. The van der Waals surface area contributed by atoms with Gasteiger partial charge in [-0.25, -0.2) is 0 Å². The molecule has 4 aliphatic heterocycles. The van der Waals surface area contributed by atoms with E-state index in [0.717, 1.165) is 12.0 Å². The molecule has 0 amide bonds. The molecule has 4 aliphatic rings. The predicted octanol–water partition coefficient (Wildman–Crippen LogP) is -1.87. The maximum Gasteiger partial charge on any atom is 0.187 e. The molecule has 1 aromatic rings. The molecule has 0 aliphatic carbocycles. The zero-order chi connectivity index (χ0) is 58.7. The van der Waals surface area contributed by atoms with Crippen molar-refractivity contribution in [3.05, 3.63) is 35.4 Å². The molecule has 26 nitrogen and oxygen atoms in total. The summed E-state index contributed by atoms with van der Waals surface area (Å²) in [5, 5.41) is 122. The van der Waals surface area contributed by atoms with Gasteiger partial charge in [-0.2, -0.15) is 0 Å². The molecule has 80 heavy (non-hydrogen) atoms. The van der Waals surface area contributed by atoms with Crippen LogP contribution in [0.4, 0.5) is 0 Å². The fraction of sp³-hybridized carbons (Fsp3) is 0.889. The van der Waals surface area contributed by atoms with Crippen molar-refractivity contribution in [2.24, 2.45) is 11.8 Å². The van der Waals surface area contributed by atoms with Crippen LogP contribution in [-0.4, -0.2) is 278 Å². The lowest BCUT2D eigenvalue weighted by Crippen LogP contribution is -2.68. The summed E-state index contributed by atoms with van der Waals surface area (Å²) in [7, 11) is 0. The molecule has 1 aromatic carbocycles. The summed E-state index contributed by atoms with van der Waals surface area (Å²) >= 11 is 0. The van der Waals surface area contributed by atoms with E-state index in [2.05, 4.69) is 34.6 Å². The van der Waals surface area contributed by atoms with Crippen molar-refractivity contribution in [2.75, 3.05) is 99.3 Å². The summed E-state index contributed by atoms with van der Waals surface area (Å²) in [4.78, 5) is 0. The lowest BCUT2D eigenvalue weighted by Gasteiger charge is -2.50. The molecule has 1 unspecified atom stereocenters. The molecule has 11 N–H and O–H groups in total. The minimum absolute atomic E-state index is 0.0267. The predicted molar refractivity (Wildman–Crippen MR) is 277 cm³/mol. The highest BCUT2D eigenvalue weighted by Crippen LogP contribution is 2.43. The standard InChI is InChI=1S/C54H94O26/c1-9-54(29(5)6,30(7)8)32-15-13-31(14-16-32)33(57)24-71-27-37-47(44(64)49(73-22-20-67-11-3)53(77-37)80-45-34(23-55)74-50(65)48(43(45)63)72-21-19-66-10-2)79-52-42(62)40(60)46(36(76-52)26-69-17-18-70-28-56)78-51-41(61)39(59)38(58)35(75-51)25-68-12-4/h13-16,29-30,33-53,55-65H,9-12,17-28H2,1-8H3/t33?,34-,35-,36-,37-,38-,39+,40-,41-,42-,43+,44+,45-,46-,47-,48-,49-,50-,51+,52+,53+/m1/s1. The lowest BCUT2D eigenvalue weighted by molar-refractivity contribution is -0.391. The van der Waals surface area contributed by atoms with E-state index in [4.69, 9.17) is 76.2 Å². The Balaban J connectivity index is 1.47. The van der Waals surface area contributed by atoms with Crippen LogP contribution >= 0.6 is 0 Å². The molecular weight excluding hydrogens is 1060 g/mol. The van der Waals surface area contributed by atoms with E-state index in [1.165, 1.54) is 0 Å². The normalized spacial score (nSPS) is 35.8. The number of hydrogen-bond donors (Lipinski definition) is 11. The first-order valence-corrected chi connectivity index (χ1v) is 28.1. The van der Waals surface area contributed by atoms with Gasteiger partial charge in [-0.1, -0.05) is 58.9 Å². The minimum atomic E-state index is -2.02. The summed E-state index contributed by atoms with van der Waals surface area (Å²) in [5.74, 6) is 0.658. The van der Waals surface area contributed by atoms with E-state index in [9.17, 15) is 51.1 Å². The number of ether oxygens (including phenoxy) is 15. The van der Waals surface area contributed by atoms with Crippen molar-refractivity contribution in [3.8, 4) is 0 Å². The van der Waals surface area contributed by atoms with Crippen molar-refractivity contribution < 1.29 is 127 Å². The van der Waals surface area contributed by atoms with Crippen LogP contribution in [0.25, 0.3) is 0 Å². The van der Waals surface area contributed by atoms with E-state index in [1.807, 2.05) is 24.3 Å². The lowest BCUT2D eigenvalue weighted by atomic mass is 9.63. The van der Waals surface area contributed by atoms with Gasteiger partial charge in [-0.15, -0.1) is 0 Å². The zero-order valence-electron chi connectivity index (χ0n) is 47.4. The maximum atomic E-state index is 12.5. The number of aliphatic hydroxyl groups is 11.